The molecule has 9 atom stereocenters. The predicted octanol–water partition coefficient (Wildman–Crippen LogP) is 3.42. The van der Waals surface area contributed by atoms with Gasteiger partial charge in [-0.15, -0.1) is 0 Å². The highest BCUT2D eigenvalue weighted by atomic mass is 16.6. The number of aliphatic hydroxyl groups is 1. The molecule has 3 aliphatic rings. The lowest BCUT2D eigenvalue weighted by Crippen LogP contribution is -2.64. The standard InChI is InChI=1S/C28H40O9/c1-8-9-23(31)36-20-12-13-27(7)21(34-18(5)29)11-10-15(2)14-22-28(33,17(4)26(32)37-22)25(35-19(6)30)24(27)16(20)3/h12-14,16-17,20-22,24-25,33H,8-11H2,1-7H3/b15-14-/t16-,17-,20+,21+,22-,24+,25+,27+,28-/m0/s1. The number of esters is 4. The van der Waals surface area contributed by atoms with Crippen molar-refractivity contribution in [2.75, 3.05) is 0 Å². The van der Waals surface area contributed by atoms with Gasteiger partial charge in [0.2, 0.25) is 0 Å². The normalized spacial score (nSPS) is 40.8. The van der Waals surface area contributed by atoms with Crippen molar-refractivity contribution in [1.29, 1.82) is 0 Å². The molecular weight excluding hydrogens is 480 g/mol. The van der Waals surface area contributed by atoms with E-state index in [-0.39, 0.29) is 12.4 Å². The van der Waals surface area contributed by atoms with E-state index in [1.165, 1.54) is 13.8 Å². The Hall–Kier alpha value is -2.68. The van der Waals surface area contributed by atoms with E-state index >= 15 is 0 Å². The van der Waals surface area contributed by atoms with Crippen molar-refractivity contribution in [2.24, 2.45) is 23.2 Å². The molecule has 9 nitrogen and oxygen atoms in total. The third-order valence-corrected chi connectivity index (χ3v) is 8.23. The van der Waals surface area contributed by atoms with Gasteiger partial charge >= 0.3 is 23.9 Å². The summed E-state index contributed by atoms with van der Waals surface area (Å²) < 4.78 is 23.1. The molecule has 0 aromatic rings. The molecule has 1 aliphatic heterocycles. The van der Waals surface area contributed by atoms with Gasteiger partial charge in [0.1, 0.15) is 18.3 Å². The number of allylic oxidation sites excluding steroid dienone is 1. The van der Waals surface area contributed by atoms with Gasteiger partial charge in [-0.1, -0.05) is 32.4 Å². The van der Waals surface area contributed by atoms with Crippen LogP contribution in [0.5, 0.6) is 0 Å². The fourth-order valence-electron chi connectivity index (χ4n) is 6.21. The van der Waals surface area contributed by atoms with Gasteiger partial charge in [0.05, 0.1) is 5.92 Å². The lowest BCUT2D eigenvalue weighted by molar-refractivity contribution is -0.211. The van der Waals surface area contributed by atoms with Crippen molar-refractivity contribution in [3.8, 4) is 0 Å². The van der Waals surface area contributed by atoms with Gasteiger partial charge in [-0.25, -0.2) is 0 Å². The highest BCUT2D eigenvalue weighted by Crippen LogP contribution is 2.54. The number of hydrogen-bond donors (Lipinski definition) is 1. The first-order valence-electron chi connectivity index (χ1n) is 13.1. The molecule has 1 saturated heterocycles. The molecule has 3 rings (SSSR count). The molecule has 0 radical (unpaired) electrons. The summed E-state index contributed by atoms with van der Waals surface area (Å²) in [6, 6.07) is 0. The van der Waals surface area contributed by atoms with Crippen molar-refractivity contribution in [2.45, 2.75) is 104 Å². The maximum atomic E-state index is 12.8. The van der Waals surface area contributed by atoms with E-state index in [2.05, 4.69) is 0 Å². The quantitative estimate of drug-likeness (QED) is 0.330. The van der Waals surface area contributed by atoms with Crippen molar-refractivity contribution < 1.29 is 43.2 Å². The maximum Gasteiger partial charge on any atom is 0.312 e. The number of rotatable bonds is 5. The molecule has 206 valence electrons. The second kappa shape index (κ2) is 11.0. The van der Waals surface area contributed by atoms with Gasteiger partial charge in [-0.2, -0.15) is 0 Å². The van der Waals surface area contributed by atoms with Crippen LogP contribution in [0.3, 0.4) is 0 Å². The van der Waals surface area contributed by atoms with Crippen LogP contribution in [-0.4, -0.2) is 59.0 Å². The summed E-state index contributed by atoms with van der Waals surface area (Å²) in [7, 11) is 0. The van der Waals surface area contributed by atoms with E-state index in [1.807, 2.05) is 33.8 Å². The number of carbonyl (C=O) groups excluding carboxylic acids is 4. The fourth-order valence-corrected chi connectivity index (χ4v) is 6.21. The fraction of sp³-hybridized carbons (Fsp3) is 0.714. The lowest BCUT2D eigenvalue weighted by Gasteiger charge is -2.53. The van der Waals surface area contributed by atoms with E-state index in [0.29, 0.717) is 19.3 Å². The second-order valence-electron chi connectivity index (χ2n) is 11.0. The minimum atomic E-state index is -1.91. The van der Waals surface area contributed by atoms with Gasteiger partial charge in [0.25, 0.3) is 0 Å². The van der Waals surface area contributed by atoms with E-state index < -0.39 is 71.1 Å². The zero-order chi connectivity index (χ0) is 27.7. The summed E-state index contributed by atoms with van der Waals surface area (Å²) in [5, 5.41) is 12.3. The third kappa shape index (κ3) is 5.47. The summed E-state index contributed by atoms with van der Waals surface area (Å²) in [5.41, 5.74) is -2.02. The minimum Gasteiger partial charge on any atom is -0.462 e. The molecule has 2 aliphatic carbocycles. The van der Waals surface area contributed by atoms with Crippen LogP contribution >= 0.6 is 0 Å². The topological polar surface area (TPSA) is 125 Å². The van der Waals surface area contributed by atoms with Crippen LogP contribution in [0, 0.1) is 23.2 Å². The van der Waals surface area contributed by atoms with Gasteiger partial charge in [-0.3, -0.25) is 19.2 Å². The molecule has 0 saturated carbocycles. The Morgan fingerprint density at radius 1 is 1.14 bits per heavy atom. The molecule has 1 heterocycles. The Morgan fingerprint density at radius 2 is 1.78 bits per heavy atom. The Morgan fingerprint density at radius 3 is 2.38 bits per heavy atom. The van der Waals surface area contributed by atoms with Crippen LogP contribution < -0.4 is 0 Å². The predicted molar refractivity (Wildman–Crippen MR) is 133 cm³/mol. The third-order valence-electron chi connectivity index (χ3n) is 8.23. The van der Waals surface area contributed by atoms with Crippen molar-refractivity contribution in [1.82, 2.24) is 0 Å². The van der Waals surface area contributed by atoms with Crippen LogP contribution in [-0.2, 0) is 38.1 Å². The molecule has 0 unspecified atom stereocenters. The molecule has 1 N–H and O–H groups in total. The first-order valence-corrected chi connectivity index (χ1v) is 13.1. The van der Waals surface area contributed by atoms with Crippen molar-refractivity contribution in [3.05, 3.63) is 23.8 Å². The van der Waals surface area contributed by atoms with Gasteiger partial charge in [-0.05, 0) is 45.3 Å². The van der Waals surface area contributed by atoms with Crippen LogP contribution in [0.25, 0.3) is 0 Å². The van der Waals surface area contributed by atoms with Gasteiger partial charge < -0.3 is 24.1 Å². The molecule has 0 aromatic carbocycles. The Kier molecular flexibility index (Phi) is 8.57. The maximum absolute atomic E-state index is 12.8. The largest absolute Gasteiger partial charge is 0.462 e. The number of carbonyl (C=O) groups is 4. The molecule has 0 amide bonds. The van der Waals surface area contributed by atoms with E-state index in [1.54, 1.807) is 19.1 Å². The average molecular weight is 521 g/mol. The zero-order valence-electron chi connectivity index (χ0n) is 22.8. The Balaban J connectivity index is 2.26. The summed E-state index contributed by atoms with van der Waals surface area (Å²) in [4.78, 5) is 49.9. The Labute approximate surface area is 218 Å². The van der Waals surface area contributed by atoms with Crippen LogP contribution in [0.1, 0.15) is 74.1 Å². The van der Waals surface area contributed by atoms with E-state index in [0.717, 1.165) is 5.57 Å². The van der Waals surface area contributed by atoms with Crippen molar-refractivity contribution >= 4 is 23.9 Å². The van der Waals surface area contributed by atoms with Gasteiger partial charge in [0, 0.05) is 37.5 Å². The highest BCUT2D eigenvalue weighted by molar-refractivity contribution is 5.77. The first kappa shape index (κ1) is 28.9. The SMILES string of the molecule is CCCC(=O)O[C@@H]1C=C[C@@]2(C)[C@H]([C@H]1C)[C@@H](OC(C)=O)[C@@]1(O)[C@H](/C=C(/C)CC[C@H]2OC(C)=O)OC(=O)[C@@H]1C. The summed E-state index contributed by atoms with van der Waals surface area (Å²) in [6.45, 7) is 11.6. The number of hydrogen-bond acceptors (Lipinski definition) is 9. The molecule has 0 aromatic heterocycles. The zero-order valence-corrected chi connectivity index (χ0v) is 22.8. The summed E-state index contributed by atoms with van der Waals surface area (Å²) in [6.07, 6.45) is 3.55. The van der Waals surface area contributed by atoms with E-state index in [4.69, 9.17) is 18.9 Å². The molecule has 9 heteroatoms. The average Bonchev–Trinajstić information content (AvgIpc) is 3.01. The van der Waals surface area contributed by atoms with Crippen molar-refractivity contribution in [3.63, 3.8) is 0 Å². The smallest absolute Gasteiger partial charge is 0.312 e. The minimum absolute atomic E-state index is 0.248. The molecule has 0 spiro atoms. The van der Waals surface area contributed by atoms with Crippen LogP contribution in [0.15, 0.2) is 23.8 Å². The number of ether oxygens (including phenoxy) is 4. The summed E-state index contributed by atoms with van der Waals surface area (Å²) in [5.74, 6) is -4.27. The number of fused-ring (bicyclic) bond motifs is 2. The van der Waals surface area contributed by atoms with E-state index in [9.17, 15) is 24.3 Å². The molecule has 1 fully saturated rings. The second-order valence-corrected chi connectivity index (χ2v) is 11.0. The monoisotopic (exact) mass is 520 g/mol. The first-order chi connectivity index (χ1) is 17.2. The molecular formula is C28H40O9. The lowest BCUT2D eigenvalue weighted by atomic mass is 9.56. The summed E-state index contributed by atoms with van der Waals surface area (Å²) >= 11 is 0. The van der Waals surface area contributed by atoms with Crippen LogP contribution in [0.2, 0.25) is 0 Å². The highest BCUT2D eigenvalue weighted by Gasteiger charge is 2.66. The molecule has 0 bridgehead atoms. The van der Waals surface area contributed by atoms with Crippen LogP contribution in [0.4, 0.5) is 0 Å². The van der Waals surface area contributed by atoms with Gasteiger partial charge in [0.15, 0.2) is 11.7 Å². The Bertz CT molecular complexity index is 984. The molecule has 37 heavy (non-hydrogen) atoms.